The summed E-state index contributed by atoms with van der Waals surface area (Å²) >= 11 is 0. The lowest BCUT2D eigenvalue weighted by Gasteiger charge is -2.38. The number of hydrogen-bond donors (Lipinski definition) is 1. The van der Waals surface area contributed by atoms with Gasteiger partial charge in [-0.25, -0.2) is 0 Å². The average molecular weight is 252 g/mol. The Morgan fingerprint density at radius 3 is 2.83 bits per heavy atom. The number of rotatable bonds is 4. The third kappa shape index (κ3) is 2.94. The number of piperidine rings is 1. The molecule has 3 atom stereocenters. The number of aryl methyl sites for hydroxylation is 1. The highest BCUT2D eigenvalue weighted by atomic mass is 16.5. The molecular weight excluding hydrogens is 228 g/mol. The number of methoxy groups -OCH3 is 1. The van der Waals surface area contributed by atoms with E-state index in [4.69, 9.17) is 14.9 Å². The number of hydrogen-bond acceptors (Lipinski definition) is 4. The highest BCUT2D eigenvalue weighted by Crippen LogP contribution is 2.28. The second-order valence-corrected chi connectivity index (χ2v) is 5.25. The van der Waals surface area contributed by atoms with Crippen molar-refractivity contribution in [1.82, 2.24) is 4.90 Å². The fourth-order valence-corrected chi connectivity index (χ4v) is 2.80. The molecule has 2 N–H and O–H groups in total. The van der Waals surface area contributed by atoms with Gasteiger partial charge >= 0.3 is 0 Å². The van der Waals surface area contributed by atoms with Crippen LogP contribution in [-0.4, -0.2) is 37.2 Å². The maximum Gasteiger partial charge on any atom is 0.122 e. The van der Waals surface area contributed by atoms with E-state index in [0.717, 1.165) is 37.5 Å². The zero-order valence-corrected chi connectivity index (χ0v) is 11.6. The fourth-order valence-electron chi connectivity index (χ4n) is 2.80. The van der Waals surface area contributed by atoms with Crippen molar-refractivity contribution in [3.05, 3.63) is 23.7 Å². The van der Waals surface area contributed by atoms with Crippen molar-refractivity contribution in [2.75, 3.05) is 20.2 Å². The molecule has 2 heterocycles. The Kier molecular flexibility index (Phi) is 4.43. The zero-order chi connectivity index (χ0) is 13.1. The summed E-state index contributed by atoms with van der Waals surface area (Å²) in [4.78, 5) is 2.39. The lowest BCUT2D eigenvalue weighted by atomic mass is 10.0. The molecule has 1 aromatic rings. The average Bonchev–Trinajstić information content (AvgIpc) is 2.75. The second-order valence-electron chi connectivity index (χ2n) is 5.25. The molecule has 0 aliphatic carbocycles. The minimum atomic E-state index is 0.0474. The van der Waals surface area contributed by atoms with Crippen LogP contribution in [0, 0.1) is 6.92 Å². The first-order chi connectivity index (χ1) is 8.61. The van der Waals surface area contributed by atoms with Crippen molar-refractivity contribution in [2.24, 2.45) is 5.73 Å². The molecule has 0 bridgehead atoms. The smallest absolute Gasteiger partial charge is 0.122 e. The first-order valence-electron chi connectivity index (χ1n) is 6.70. The molecule has 0 saturated carbocycles. The Hall–Kier alpha value is -0.840. The summed E-state index contributed by atoms with van der Waals surface area (Å²) in [6, 6.07) is 4.24. The third-order valence-electron chi connectivity index (χ3n) is 3.69. The minimum Gasteiger partial charge on any atom is -0.465 e. The highest BCUT2D eigenvalue weighted by Gasteiger charge is 2.31. The van der Waals surface area contributed by atoms with E-state index < -0.39 is 0 Å². The van der Waals surface area contributed by atoms with Crippen LogP contribution in [0.5, 0.6) is 0 Å². The van der Waals surface area contributed by atoms with Crippen LogP contribution in [0.15, 0.2) is 16.5 Å². The van der Waals surface area contributed by atoms with Gasteiger partial charge in [-0.05, 0) is 45.4 Å². The van der Waals surface area contributed by atoms with Crippen LogP contribution in [0.4, 0.5) is 0 Å². The molecule has 18 heavy (non-hydrogen) atoms. The predicted molar refractivity (Wildman–Crippen MR) is 71.4 cm³/mol. The zero-order valence-electron chi connectivity index (χ0n) is 11.6. The van der Waals surface area contributed by atoms with E-state index >= 15 is 0 Å². The predicted octanol–water partition coefficient (Wildman–Crippen LogP) is 2.09. The van der Waals surface area contributed by atoms with Gasteiger partial charge in [-0.1, -0.05) is 0 Å². The molecule has 0 amide bonds. The third-order valence-corrected chi connectivity index (χ3v) is 3.69. The first-order valence-corrected chi connectivity index (χ1v) is 6.70. The van der Waals surface area contributed by atoms with Crippen molar-refractivity contribution in [3.63, 3.8) is 0 Å². The van der Waals surface area contributed by atoms with Crippen LogP contribution in [0.25, 0.3) is 0 Å². The van der Waals surface area contributed by atoms with Crippen molar-refractivity contribution in [2.45, 2.75) is 44.9 Å². The van der Waals surface area contributed by atoms with Crippen molar-refractivity contribution in [3.8, 4) is 0 Å². The number of ether oxygens (including phenoxy) is 1. The summed E-state index contributed by atoms with van der Waals surface area (Å²) in [6.07, 6.45) is 2.60. The maximum absolute atomic E-state index is 6.15. The number of furan rings is 1. The van der Waals surface area contributed by atoms with Gasteiger partial charge in [0.25, 0.3) is 0 Å². The highest BCUT2D eigenvalue weighted by molar-refractivity contribution is 5.12. The van der Waals surface area contributed by atoms with Crippen LogP contribution in [0.2, 0.25) is 0 Å². The van der Waals surface area contributed by atoms with Crippen LogP contribution >= 0.6 is 0 Å². The molecule has 1 aliphatic heterocycles. The van der Waals surface area contributed by atoms with E-state index in [-0.39, 0.29) is 12.1 Å². The molecule has 0 spiro atoms. The van der Waals surface area contributed by atoms with Gasteiger partial charge in [0, 0.05) is 19.7 Å². The second kappa shape index (κ2) is 5.87. The molecule has 2 rings (SSSR count). The first kappa shape index (κ1) is 13.6. The number of nitrogens with two attached hydrogens (primary N) is 1. The summed E-state index contributed by atoms with van der Waals surface area (Å²) in [5.74, 6) is 1.91. The lowest BCUT2D eigenvalue weighted by Crippen LogP contribution is -2.46. The molecular formula is C14H24N2O2. The molecule has 1 saturated heterocycles. The molecule has 1 aromatic heterocycles. The van der Waals surface area contributed by atoms with Crippen molar-refractivity contribution >= 4 is 0 Å². The molecule has 4 nitrogen and oxygen atoms in total. The van der Waals surface area contributed by atoms with E-state index in [1.54, 1.807) is 7.11 Å². The monoisotopic (exact) mass is 252 g/mol. The normalized spacial score (nSPS) is 25.0. The largest absolute Gasteiger partial charge is 0.465 e. The topological polar surface area (TPSA) is 51.6 Å². The van der Waals surface area contributed by atoms with Crippen molar-refractivity contribution in [1.29, 1.82) is 0 Å². The molecule has 3 unspecified atom stereocenters. The molecule has 1 aliphatic rings. The van der Waals surface area contributed by atoms with Gasteiger partial charge in [0.15, 0.2) is 0 Å². The summed E-state index contributed by atoms with van der Waals surface area (Å²) in [5.41, 5.74) is 6.15. The number of likely N-dealkylation sites (tertiary alicyclic amines) is 1. The van der Waals surface area contributed by atoms with E-state index in [0.29, 0.717) is 6.10 Å². The van der Waals surface area contributed by atoms with Gasteiger partial charge in [0.1, 0.15) is 11.5 Å². The van der Waals surface area contributed by atoms with Gasteiger partial charge in [-0.3, -0.25) is 4.90 Å². The summed E-state index contributed by atoms with van der Waals surface area (Å²) < 4.78 is 11.2. The van der Waals surface area contributed by atoms with E-state index in [1.165, 1.54) is 0 Å². The Balaban J connectivity index is 2.14. The molecule has 1 fully saturated rings. The van der Waals surface area contributed by atoms with E-state index in [2.05, 4.69) is 4.90 Å². The quantitative estimate of drug-likeness (QED) is 0.891. The molecule has 4 heteroatoms. The van der Waals surface area contributed by atoms with Gasteiger partial charge in [-0.15, -0.1) is 0 Å². The Morgan fingerprint density at radius 1 is 1.50 bits per heavy atom. The van der Waals surface area contributed by atoms with Gasteiger partial charge in [0.05, 0.1) is 12.1 Å². The van der Waals surface area contributed by atoms with Crippen molar-refractivity contribution < 1.29 is 9.15 Å². The molecule has 0 radical (unpaired) electrons. The van der Waals surface area contributed by atoms with Crippen LogP contribution in [0.3, 0.4) is 0 Å². The molecule has 0 aromatic carbocycles. The van der Waals surface area contributed by atoms with Gasteiger partial charge in [0.2, 0.25) is 0 Å². The fraction of sp³-hybridized carbons (Fsp3) is 0.714. The van der Waals surface area contributed by atoms with E-state index in [1.807, 2.05) is 26.0 Å². The molecule has 102 valence electrons. The SMILES string of the molecule is COC1CCCN(C(c2ccc(C)o2)C(C)N)C1. The standard InChI is InChI=1S/C14H24N2O2/c1-10-6-7-13(18-10)14(11(2)15)16-8-4-5-12(9-16)17-3/h6-7,11-12,14H,4-5,8-9,15H2,1-3H3. The number of nitrogens with zero attached hydrogens (tertiary/aromatic N) is 1. The minimum absolute atomic E-state index is 0.0474. The maximum atomic E-state index is 6.15. The summed E-state index contributed by atoms with van der Waals surface area (Å²) in [5, 5.41) is 0. The Morgan fingerprint density at radius 2 is 2.28 bits per heavy atom. The summed E-state index contributed by atoms with van der Waals surface area (Å²) in [7, 11) is 1.78. The van der Waals surface area contributed by atoms with Crippen LogP contribution in [0.1, 0.15) is 37.3 Å². The lowest BCUT2D eigenvalue weighted by molar-refractivity contribution is 0.00610. The van der Waals surface area contributed by atoms with Gasteiger partial charge < -0.3 is 14.9 Å². The summed E-state index contributed by atoms with van der Waals surface area (Å²) in [6.45, 7) is 6.00. The van der Waals surface area contributed by atoms with Gasteiger partial charge in [-0.2, -0.15) is 0 Å². The Labute approximate surface area is 109 Å². The van der Waals surface area contributed by atoms with Crippen LogP contribution < -0.4 is 5.73 Å². The van der Waals surface area contributed by atoms with Crippen LogP contribution in [-0.2, 0) is 4.74 Å². The van der Waals surface area contributed by atoms with E-state index in [9.17, 15) is 0 Å². The Bertz CT molecular complexity index is 376.